The monoisotopic (exact) mass is 208 g/mol. The molecule has 1 rings (SSSR count). The Morgan fingerprint density at radius 1 is 1.33 bits per heavy atom. The van der Waals surface area contributed by atoms with Crippen LogP contribution in [0.5, 0.6) is 0 Å². The van der Waals surface area contributed by atoms with E-state index in [9.17, 15) is 9.59 Å². The third kappa shape index (κ3) is 4.40. The molecule has 0 heterocycles. The summed E-state index contributed by atoms with van der Waals surface area (Å²) in [5.41, 5.74) is 0.669. The van der Waals surface area contributed by atoms with Crippen LogP contribution in [-0.2, 0) is 9.59 Å². The van der Waals surface area contributed by atoms with Gasteiger partial charge < -0.3 is 9.90 Å². The van der Waals surface area contributed by atoms with Gasteiger partial charge in [-0.25, -0.2) is 0 Å². The Morgan fingerprint density at radius 2 is 1.87 bits per heavy atom. The van der Waals surface area contributed by atoms with Gasteiger partial charge in [0.1, 0.15) is 6.29 Å². The van der Waals surface area contributed by atoms with Crippen molar-refractivity contribution < 1.29 is 14.7 Å². The SMILES string of the molecule is CC.O=CCC(C(=O)O)c1ccccc1. The zero-order valence-electron chi connectivity index (χ0n) is 9.01. The molecule has 0 bridgehead atoms. The smallest absolute Gasteiger partial charge is 0.311 e. The zero-order valence-corrected chi connectivity index (χ0v) is 9.01. The van der Waals surface area contributed by atoms with Crippen LogP contribution in [0, 0.1) is 0 Å². The number of carboxylic acids is 1. The lowest BCUT2D eigenvalue weighted by molar-refractivity contribution is -0.139. The van der Waals surface area contributed by atoms with Crippen LogP contribution in [0.25, 0.3) is 0 Å². The maximum atomic E-state index is 10.7. The van der Waals surface area contributed by atoms with Crippen LogP contribution in [0.15, 0.2) is 30.3 Å². The Hall–Kier alpha value is -1.64. The minimum absolute atomic E-state index is 0.0271. The first kappa shape index (κ1) is 13.4. The fourth-order valence-electron chi connectivity index (χ4n) is 1.16. The van der Waals surface area contributed by atoms with Crippen molar-refractivity contribution >= 4 is 12.3 Å². The largest absolute Gasteiger partial charge is 0.481 e. The number of carboxylic acid groups (broad SMARTS) is 1. The molecule has 15 heavy (non-hydrogen) atoms. The molecule has 0 radical (unpaired) electrons. The molecular weight excluding hydrogens is 192 g/mol. The van der Waals surface area contributed by atoms with E-state index in [0.717, 1.165) is 0 Å². The Labute approximate surface area is 89.7 Å². The first-order valence-corrected chi connectivity index (χ1v) is 4.97. The van der Waals surface area contributed by atoms with Crippen molar-refractivity contribution in [2.75, 3.05) is 0 Å². The number of hydrogen-bond donors (Lipinski definition) is 1. The van der Waals surface area contributed by atoms with E-state index < -0.39 is 11.9 Å². The van der Waals surface area contributed by atoms with Crippen LogP contribution in [0.3, 0.4) is 0 Å². The maximum Gasteiger partial charge on any atom is 0.311 e. The summed E-state index contributed by atoms with van der Waals surface area (Å²) in [7, 11) is 0. The fraction of sp³-hybridized carbons (Fsp3) is 0.333. The van der Waals surface area contributed by atoms with E-state index >= 15 is 0 Å². The van der Waals surface area contributed by atoms with Crippen molar-refractivity contribution in [2.45, 2.75) is 26.2 Å². The van der Waals surface area contributed by atoms with Crippen LogP contribution in [-0.4, -0.2) is 17.4 Å². The van der Waals surface area contributed by atoms with Gasteiger partial charge in [-0.15, -0.1) is 0 Å². The highest BCUT2D eigenvalue weighted by molar-refractivity contribution is 5.79. The van der Waals surface area contributed by atoms with Crippen LogP contribution in [0.2, 0.25) is 0 Å². The van der Waals surface area contributed by atoms with Gasteiger partial charge in [0.05, 0.1) is 5.92 Å². The van der Waals surface area contributed by atoms with Gasteiger partial charge in [-0.2, -0.15) is 0 Å². The molecule has 1 unspecified atom stereocenters. The van der Waals surface area contributed by atoms with Crippen molar-refractivity contribution in [3.05, 3.63) is 35.9 Å². The quantitative estimate of drug-likeness (QED) is 0.773. The molecule has 0 aliphatic rings. The predicted octanol–water partition coefficient (Wildman–Crippen LogP) is 2.47. The summed E-state index contributed by atoms with van der Waals surface area (Å²) < 4.78 is 0. The lowest BCUT2D eigenvalue weighted by Gasteiger charge is -2.07. The molecule has 0 saturated carbocycles. The molecular formula is C12H16O3. The number of rotatable bonds is 4. The molecule has 0 saturated heterocycles. The first-order valence-electron chi connectivity index (χ1n) is 4.97. The van der Waals surface area contributed by atoms with Crippen LogP contribution in [0.1, 0.15) is 31.7 Å². The van der Waals surface area contributed by atoms with Crippen LogP contribution < -0.4 is 0 Å². The van der Waals surface area contributed by atoms with Crippen LogP contribution in [0.4, 0.5) is 0 Å². The van der Waals surface area contributed by atoms with Crippen molar-refractivity contribution in [1.82, 2.24) is 0 Å². The van der Waals surface area contributed by atoms with Crippen molar-refractivity contribution in [2.24, 2.45) is 0 Å². The van der Waals surface area contributed by atoms with Crippen molar-refractivity contribution in [1.29, 1.82) is 0 Å². The molecule has 1 aromatic carbocycles. The number of aliphatic carboxylic acids is 1. The maximum absolute atomic E-state index is 10.7. The summed E-state index contributed by atoms with van der Waals surface area (Å²) >= 11 is 0. The molecule has 3 nitrogen and oxygen atoms in total. The van der Waals surface area contributed by atoms with Crippen LogP contribution >= 0.6 is 0 Å². The minimum Gasteiger partial charge on any atom is -0.481 e. The molecule has 0 fully saturated rings. The molecule has 0 aliphatic carbocycles. The van der Waals surface area contributed by atoms with E-state index in [0.29, 0.717) is 11.8 Å². The highest BCUT2D eigenvalue weighted by Crippen LogP contribution is 2.17. The molecule has 1 atom stereocenters. The van der Waals surface area contributed by atoms with Gasteiger partial charge in [0.25, 0.3) is 0 Å². The molecule has 0 amide bonds. The van der Waals surface area contributed by atoms with E-state index in [4.69, 9.17) is 5.11 Å². The average molecular weight is 208 g/mol. The second-order valence-electron chi connectivity index (χ2n) is 2.70. The highest BCUT2D eigenvalue weighted by atomic mass is 16.4. The number of carbonyl (C=O) groups is 2. The van der Waals surface area contributed by atoms with Gasteiger partial charge in [-0.3, -0.25) is 4.79 Å². The second kappa shape index (κ2) is 7.74. The Morgan fingerprint density at radius 3 is 2.27 bits per heavy atom. The number of benzene rings is 1. The van der Waals surface area contributed by atoms with Crippen molar-refractivity contribution in [3.8, 4) is 0 Å². The normalized spacial score (nSPS) is 10.8. The summed E-state index contributed by atoms with van der Waals surface area (Å²) in [5.74, 6) is -1.67. The molecule has 1 N–H and O–H groups in total. The third-order valence-electron chi connectivity index (χ3n) is 1.83. The number of aldehydes is 1. The minimum atomic E-state index is -0.960. The summed E-state index contributed by atoms with van der Waals surface area (Å²) in [6.07, 6.45) is 0.658. The Kier molecular flexibility index (Phi) is 6.89. The van der Waals surface area contributed by atoms with E-state index in [-0.39, 0.29) is 6.42 Å². The standard InChI is InChI=1S/C10H10O3.C2H6/c11-7-6-9(10(12)13)8-4-2-1-3-5-8;1-2/h1-5,7,9H,6H2,(H,12,13);1-2H3. The number of hydrogen-bond acceptors (Lipinski definition) is 2. The summed E-state index contributed by atoms with van der Waals surface area (Å²) in [5, 5.41) is 8.80. The highest BCUT2D eigenvalue weighted by Gasteiger charge is 2.18. The second-order valence-corrected chi connectivity index (χ2v) is 2.70. The molecule has 0 aromatic heterocycles. The lowest BCUT2D eigenvalue weighted by Crippen LogP contribution is -2.11. The Bertz CT molecular complexity index is 293. The summed E-state index contributed by atoms with van der Waals surface area (Å²) in [6, 6.07) is 8.75. The van der Waals surface area contributed by atoms with Gasteiger partial charge in [0.2, 0.25) is 0 Å². The fourth-order valence-corrected chi connectivity index (χ4v) is 1.16. The lowest BCUT2D eigenvalue weighted by atomic mass is 9.97. The van der Waals surface area contributed by atoms with E-state index in [1.165, 1.54) is 0 Å². The Balaban J connectivity index is 0.000000921. The number of carbonyl (C=O) groups excluding carboxylic acids is 1. The van der Waals surface area contributed by atoms with Gasteiger partial charge in [0.15, 0.2) is 0 Å². The van der Waals surface area contributed by atoms with Gasteiger partial charge in [0, 0.05) is 6.42 Å². The van der Waals surface area contributed by atoms with Gasteiger partial charge >= 0.3 is 5.97 Å². The third-order valence-corrected chi connectivity index (χ3v) is 1.83. The predicted molar refractivity (Wildman–Crippen MR) is 58.8 cm³/mol. The first-order chi connectivity index (χ1) is 7.25. The summed E-state index contributed by atoms with van der Waals surface area (Å²) in [6.45, 7) is 4.00. The van der Waals surface area contributed by atoms with E-state index in [1.54, 1.807) is 24.3 Å². The topological polar surface area (TPSA) is 54.4 Å². The summed E-state index contributed by atoms with van der Waals surface area (Å²) in [4.78, 5) is 21.0. The van der Waals surface area contributed by atoms with Crippen molar-refractivity contribution in [3.63, 3.8) is 0 Å². The van der Waals surface area contributed by atoms with Gasteiger partial charge in [-0.1, -0.05) is 44.2 Å². The van der Waals surface area contributed by atoms with E-state index in [1.807, 2.05) is 19.9 Å². The zero-order chi connectivity index (χ0) is 11.7. The molecule has 82 valence electrons. The molecule has 1 aromatic rings. The van der Waals surface area contributed by atoms with E-state index in [2.05, 4.69) is 0 Å². The molecule has 0 spiro atoms. The molecule has 0 aliphatic heterocycles. The molecule has 3 heteroatoms. The average Bonchev–Trinajstić information content (AvgIpc) is 2.29. The van der Waals surface area contributed by atoms with Gasteiger partial charge in [-0.05, 0) is 5.56 Å².